The molecule has 0 saturated carbocycles. The number of phosphoric ester groups is 1. The Kier molecular flexibility index (Phi) is 47.2. The zero-order chi connectivity index (χ0) is 43.0. The molecular formula is C50H98NO7P. The van der Waals surface area contributed by atoms with Gasteiger partial charge in [-0.1, -0.05) is 205 Å². The molecule has 0 heterocycles. The second-order valence-electron chi connectivity index (χ2n) is 17.0. The first-order valence-electron chi connectivity index (χ1n) is 25.3. The monoisotopic (exact) mass is 856 g/mol. The molecule has 3 N–H and O–H groups in total. The first kappa shape index (κ1) is 58.0. The van der Waals surface area contributed by atoms with Crippen LogP contribution >= 0.6 is 7.82 Å². The van der Waals surface area contributed by atoms with E-state index in [1.165, 1.54) is 199 Å². The van der Waals surface area contributed by atoms with E-state index >= 15 is 0 Å². The molecule has 0 aromatic rings. The Morgan fingerprint density at radius 1 is 0.492 bits per heavy atom. The zero-order valence-corrected chi connectivity index (χ0v) is 39.9. The first-order valence-corrected chi connectivity index (χ1v) is 26.8. The fourth-order valence-electron chi connectivity index (χ4n) is 7.34. The number of hydrogen-bond donors (Lipinski definition) is 2. The van der Waals surface area contributed by atoms with E-state index < -0.39 is 13.9 Å². The van der Waals surface area contributed by atoms with Gasteiger partial charge in [0, 0.05) is 19.6 Å². The summed E-state index contributed by atoms with van der Waals surface area (Å²) >= 11 is 0. The minimum atomic E-state index is -4.28. The summed E-state index contributed by atoms with van der Waals surface area (Å²) in [6.07, 6.45) is 54.9. The van der Waals surface area contributed by atoms with Crippen LogP contribution < -0.4 is 5.73 Å². The van der Waals surface area contributed by atoms with Crippen LogP contribution in [0.4, 0.5) is 0 Å². The number of esters is 1. The summed E-state index contributed by atoms with van der Waals surface area (Å²) < 4.78 is 33.6. The van der Waals surface area contributed by atoms with Crippen LogP contribution in [0.15, 0.2) is 24.3 Å². The number of unbranched alkanes of at least 4 members (excludes halogenated alkanes) is 32. The van der Waals surface area contributed by atoms with Crippen molar-refractivity contribution in [2.24, 2.45) is 5.73 Å². The lowest BCUT2D eigenvalue weighted by molar-refractivity contribution is -0.154. The van der Waals surface area contributed by atoms with Gasteiger partial charge in [-0.15, -0.1) is 0 Å². The number of nitrogens with two attached hydrogens (primary N) is 1. The second-order valence-corrected chi connectivity index (χ2v) is 18.5. The normalized spacial score (nSPS) is 13.5. The maximum atomic E-state index is 12.6. The van der Waals surface area contributed by atoms with Gasteiger partial charge in [-0.2, -0.15) is 0 Å². The maximum Gasteiger partial charge on any atom is 0.472 e. The third-order valence-electron chi connectivity index (χ3n) is 11.1. The summed E-state index contributed by atoms with van der Waals surface area (Å²) in [7, 11) is -4.28. The first-order chi connectivity index (χ1) is 28.9. The molecule has 0 aromatic heterocycles. The summed E-state index contributed by atoms with van der Waals surface area (Å²) in [5.41, 5.74) is 5.39. The minimum absolute atomic E-state index is 0.0948. The van der Waals surface area contributed by atoms with Crippen LogP contribution in [-0.2, 0) is 27.9 Å². The third kappa shape index (κ3) is 47.9. The number of allylic oxidation sites excluding steroid dienone is 4. The molecule has 0 bridgehead atoms. The summed E-state index contributed by atoms with van der Waals surface area (Å²) in [5.74, 6) is -0.331. The molecule has 0 aliphatic rings. The van der Waals surface area contributed by atoms with Gasteiger partial charge in [-0.3, -0.25) is 13.8 Å². The minimum Gasteiger partial charge on any atom is -0.457 e. The second kappa shape index (κ2) is 48.0. The lowest BCUT2D eigenvalue weighted by Crippen LogP contribution is -2.28. The molecule has 2 atom stereocenters. The highest BCUT2D eigenvalue weighted by Crippen LogP contribution is 2.43. The standard InChI is InChI=1S/C50H98NO7P/c1-3-5-7-9-11-13-15-17-19-21-23-24-25-26-28-30-32-34-36-38-40-42-45-55-47-49(48-57-59(53,54)56-46-44-51)58-50(52)43-41-39-37-35-33-31-29-27-22-20-18-16-14-12-10-8-6-4-2/h20-23,49H,3-19,24-48,51H2,1-2H3,(H,53,54)/b22-20-,23-21-. The van der Waals surface area contributed by atoms with Crippen molar-refractivity contribution in [3.05, 3.63) is 24.3 Å². The van der Waals surface area contributed by atoms with Crippen LogP contribution in [0, 0.1) is 0 Å². The van der Waals surface area contributed by atoms with Gasteiger partial charge in [0.05, 0.1) is 19.8 Å². The van der Waals surface area contributed by atoms with E-state index in [1.807, 2.05) is 0 Å². The smallest absolute Gasteiger partial charge is 0.457 e. The van der Waals surface area contributed by atoms with E-state index in [2.05, 4.69) is 38.2 Å². The molecule has 59 heavy (non-hydrogen) atoms. The number of ether oxygens (including phenoxy) is 2. The quantitative estimate of drug-likeness (QED) is 0.0269. The van der Waals surface area contributed by atoms with Gasteiger partial charge >= 0.3 is 13.8 Å². The van der Waals surface area contributed by atoms with Gasteiger partial charge in [-0.05, 0) is 64.2 Å². The molecule has 0 fully saturated rings. The number of hydrogen-bond acceptors (Lipinski definition) is 7. The van der Waals surface area contributed by atoms with Gasteiger partial charge in [0.2, 0.25) is 0 Å². The third-order valence-corrected chi connectivity index (χ3v) is 12.1. The zero-order valence-electron chi connectivity index (χ0n) is 39.0. The Balaban J connectivity index is 3.93. The van der Waals surface area contributed by atoms with Crippen LogP contribution in [0.3, 0.4) is 0 Å². The van der Waals surface area contributed by atoms with E-state index in [0.29, 0.717) is 13.0 Å². The van der Waals surface area contributed by atoms with Crippen molar-refractivity contribution >= 4 is 13.8 Å². The number of carbonyl (C=O) groups excluding carboxylic acids is 1. The largest absolute Gasteiger partial charge is 0.472 e. The predicted molar refractivity (Wildman–Crippen MR) is 252 cm³/mol. The molecule has 8 nitrogen and oxygen atoms in total. The summed E-state index contributed by atoms with van der Waals surface area (Å²) in [6, 6.07) is 0. The molecule has 9 heteroatoms. The molecule has 0 spiro atoms. The van der Waals surface area contributed by atoms with Crippen molar-refractivity contribution in [3.8, 4) is 0 Å². The van der Waals surface area contributed by atoms with E-state index in [4.69, 9.17) is 24.3 Å². The Morgan fingerprint density at radius 2 is 0.847 bits per heavy atom. The SMILES string of the molecule is CCCCCCCCC/C=C\CCCCCCCCCC(=O)OC(COCCCCCCCCCCCC/C=C\CCCCCCCCCC)COP(=O)(O)OCCN. The van der Waals surface area contributed by atoms with Crippen LogP contribution in [0.25, 0.3) is 0 Å². The molecule has 0 rings (SSSR count). The molecule has 350 valence electrons. The van der Waals surface area contributed by atoms with E-state index in [1.54, 1.807) is 0 Å². The molecule has 0 aliphatic carbocycles. The Hall–Kier alpha value is -1.02. The van der Waals surface area contributed by atoms with Crippen molar-refractivity contribution in [1.82, 2.24) is 0 Å². The summed E-state index contributed by atoms with van der Waals surface area (Å²) in [6.45, 7) is 4.96. The lowest BCUT2D eigenvalue weighted by atomic mass is 10.1. The fourth-order valence-corrected chi connectivity index (χ4v) is 8.11. The van der Waals surface area contributed by atoms with Gasteiger partial charge in [0.25, 0.3) is 0 Å². The highest BCUT2D eigenvalue weighted by atomic mass is 31.2. The molecule has 2 unspecified atom stereocenters. The topological polar surface area (TPSA) is 117 Å². The Morgan fingerprint density at radius 3 is 1.24 bits per heavy atom. The van der Waals surface area contributed by atoms with Crippen molar-refractivity contribution in [1.29, 1.82) is 0 Å². The fraction of sp³-hybridized carbons (Fsp3) is 0.900. The van der Waals surface area contributed by atoms with E-state index in [9.17, 15) is 14.3 Å². The number of phosphoric acid groups is 1. The highest BCUT2D eigenvalue weighted by Gasteiger charge is 2.25. The Labute approximate surface area is 366 Å². The highest BCUT2D eigenvalue weighted by molar-refractivity contribution is 7.47. The van der Waals surface area contributed by atoms with Gasteiger partial charge in [-0.25, -0.2) is 4.57 Å². The summed E-state index contributed by atoms with van der Waals surface area (Å²) in [5, 5.41) is 0. The number of rotatable bonds is 49. The van der Waals surface area contributed by atoms with Crippen LogP contribution in [0.1, 0.15) is 251 Å². The average Bonchev–Trinajstić information content (AvgIpc) is 3.23. The van der Waals surface area contributed by atoms with Crippen LogP contribution in [0.2, 0.25) is 0 Å². The lowest BCUT2D eigenvalue weighted by Gasteiger charge is -2.20. The van der Waals surface area contributed by atoms with Crippen LogP contribution in [-0.4, -0.2) is 49.9 Å². The van der Waals surface area contributed by atoms with E-state index in [0.717, 1.165) is 32.1 Å². The van der Waals surface area contributed by atoms with Crippen molar-refractivity contribution in [2.75, 3.05) is 33.0 Å². The maximum absolute atomic E-state index is 12.6. The van der Waals surface area contributed by atoms with E-state index in [-0.39, 0.29) is 32.3 Å². The van der Waals surface area contributed by atoms with Crippen molar-refractivity contribution < 1.29 is 32.8 Å². The molecule has 0 aliphatic heterocycles. The average molecular weight is 856 g/mol. The molecule has 0 saturated heterocycles. The van der Waals surface area contributed by atoms with Gasteiger partial charge in [0.1, 0.15) is 6.10 Å². The summed E-state index contributed by atoms with van der Waals surface area (Å²) in [4.78, 5) is 22.6. The van der Waals surface area contributed by atoms with Crippen LogP contribution in [0.5, 0.6) is 0 Å². The van der Waals surface area contributed by atoms with Crippen molar-refractivity contribution in [3.63, 3.8) is 0 Å². The Bertz CT molecular complexity index is 962. The number of carbonyl (C=O) groups is 1. The molecule has 0 radical (unpaired) electrons. The molecule has 0 aromatic carbocycles. The van der Waals surface area contributed by atoms with Gasteiger partial charge < -0.3 is 20.1 Å². The van der Waals surface area contributed by atoms with Crippen molar-refractivity contribution in [2.45, 2.75) is 258 Å². The molecular weight excluding hydrogens is 758 g/mol. The predicted octanol–water partition coefficient (Wildman–Crippen LogP) is 15.6. The molecule has 0 amide bonds. The van der Waals surface area contributed by atoms with Gasteiger partial charge in [0.15, 0.2) is 0 Å².